The van der Waals surface area contributed by atoms with Gasteiger partial charge in [0, 0.05) is 12.6 Å². The third kappa shape index (κ3) is 3.20. The highest BCUT2D eigenvalue weighted by Crippen LogP contribution is 2.26. The van der Waals surface area contributed by atoms with Gasteiger partial charge in [-0.1, -0.05) is 26.7 Å². The summed E-state index contributed by atoms with van der Waals surface area (Å²) >= 11 is 0. The Morgan fingerprint density at radius 1 is 1.53 bits per heavy atom. The van der Waals surface area contributed by atoms with Crippen LogP contribution in [-0.4, -0.2) is 34.6 Å². The maximum Gasteiger partial charge on any atom is 0.320 e. The number of carbonyl (C=O) groups is 1. The molecule has 1 saturated heterocycles. The molecule has 1 aliphatic rings. The highest BCUT2D eigenvalue weighted by atomic mass is 16.4. The standard InChI is InChI=1S/C12H23NO2/c1-4-5-6-11(12(14)15)13-8-9(2)7-10(13)3/h9-11H,4-8H2,1-3H3,(H,14,15). The summed E-state index contributed by atoms with van der Waals surface area (Å²) in [7, 11) is 0. The van der Waals surface area contributed by atoms with Crippen LogP contribution in [0.4, 0.5) is 0 Å². The Morgan fingerprint density at radius 3 is 2.60 bits per heavy atom. The molecule has 3 heteroatoms. The average molecular weight is 213 g/mol. The summed E-state index contributed by atoms with van der Waals surface area (Å²) in [4.78, 5) is 13.4. The first-order valence-electron chi connectivity index (χ1n) is 6.04. The molecule has 88 valence electrons. The lowest BCUT2D eigenvalue weighted by Gasteiger charge is -2.28. The summed E-state index contributed by atoms with van der Waals surface area (Å²) in [6, 6.07) is 0.169. The van der Waals surface area contributed by atoms with Crippen molar-refractivity contribution in [3.05, 3.63) is 0 Å². The summed E-state index contributed by atoms with van der Waals surface area (Å²) in [5.41, 5.74) is 0. The van der Waals surface area contributed by atoms with Crippen molar-refractivity contribution in [2.45, 2.75) is 58.5 Å². The topological polar surface area (TPSA) is 40.5 Å². The van der Waals surface area contributed by atoms with E-state index in [1.165, 1.54) is 0 Å². The van der Waals surface area contributed by atoms with Crippen LogP contribution in [0.1, 0.15) is 46.5 Å². The quantitative estimate of drug-likeness (QED) is 0.762. The first kappa shape index (κ1) is 12.5. The minimum Gasteiger partial charge on any atom is -0.480 e. The van der Waals surface area contributed by atoms with Crippen molar-refractivity contribution in [3.8, 4) is 0 Å². The normalized spacial score (nSPS) is 29.3. The van der Waals surface area contributed by atoms with Gasteiger partial charge >= 0.3 is 5.97 Å². The SMILES string of the molecule is CCCCC(C(=O)O)N1CC(C)CC1C. The number of hydrogen-bond acceptors (Lipinski definition) is 2. The van der Waals surface area contributed by atoms with Crippen molar-refractivity contribution in [2.75, 3.05) is 6.54 Å². The Labute approximate surface area is 92.5 Å². The van der Waals surface area contributed by atoms with Gasteiger partial charge in [-0.3, -0.25) is 9.69 Å². The average Bonchev–Trinajstić information content (AvgIpc) is 2.46. The summed E-state index contributed by atoms with van der Waals surface area (Å²) in [6.45, 7) is 7.40. The van der Waals surface area contributed by atoms with Crippen molar-refractivity contribution >= 4 is 5.97 Å². The Kier molecular flexibility index (Phi) is 4.58. The first-order chi connectivity index (χ1) is 7.06. The van der Waals surface area contributed by atoms with E-state index < -0.39 is 5.97 Å². The molecule has 0 saturated carbocycles. The van der Waals surface area contributed by atoms with E-state index >= 15 is 0 Å². The van der Waals surface area contributed by atoms with Crippen LogP contribution < -0.4 is 0 Å². The molecule has 1 N–H and O–H groups in total. The Hall–Kier alpha value is -0.570. The van der Waals surface area contributed by atoms with Crippen molar-refractivity contribution in [1.82, 2.24) is 4.90 Å². The van der Waals surface area contributed by atoms with Gasteiger partial charge < -0.3 is 5.11 Å². The van der Waals surface area contributed by atoms with Crippen LogP contribution in [0.2, 0.25) is 0 Å². The van der Waals surface area contributed by atoms with Crippen molar-refractivity contribution in [1.29, 1.82) is 0 Å². The molecule has 0 spiro atoms. The zero-order valence-electron chi connectivity index (χ0n) is 10.1. The number of hydrogen-bond donors (Lipinski definition) is 1. The molecule has 0 aromatic rings. The molecule has 0 amide bonds. The summed E-state index contributed by atoms with van der Waals surface area (Å²) in [5.74, 6) is -0.00660. The van der Waals surface area contributed by atoms with Crippen molar-refractivity contribution in [3.63, 3.8) is 0 Å². The van der Waals surface area contributed by atoms with Gasteiger partial charge in [0.2, 0.25) is 0 Å². The van der Waals surface area contributed by atoms with E-state index in [2.05, 4.69) is 25.7 Å². The first-order valence-corrected chi connectivity index (χ1v) is 6.04. The van der Waals surface area contributed by atoms with Crippen LogP contribution in [0.5, 0.6) is 0 Å². The fraction of sp³-hybridized carbons (Fsp3) is 0.917. The van der Waals surface area contributed by atoms with Crippen LogP contribution in [0, 0.1) is 5.92 Å². The van der Waals surface area contributed by atoms with E-state index in [-0.39, 0.29) is 6.04 Å². The van der Waals surface area contributed by atoms with Gasteiger partial charge in [-0.05, 0) is 25.7 Å². The molecule has 1 aliphatic heterocycles. The number of likely N-dealkylation sites (tertiary alicyclic amines) is 1. The minimum atomic E-state index is -0.649. The largest absolute Gasteiger partial charge is 0.480 e. The molecule has 3 unspecified atom stereocenters. The van der Waals surface area contributed by atoms with Gasteiger partial charge in [0.1, 0.15) is 6.04 Å². The van der Waals surface area contributed by atoms with Gasteiger partial charge in [0.25, 0.3) is 0 Å². The van der Waals surface area contributed by atoms with Crippen molar-refractivity contribution in [2.24, 2.45) is 5.92 Å². The molecule has 0 aliphatic carbocycles. The smallest absolute Gasteiger partial charge is 0.320 e. The predicted octanol–water partition coefficient (Wildman–Crippen LogP) is 2.36. The lowest BCUT2D eigenvalue weighted by molar-refractivity contribution is -0.144. The highest BCUT2D eigenvalue weighted by molar-refractivity contribution is 5.73. The number of carboxylic acid groups (broad SMARTS) is 1. The molecule has 1 heterocycles. The molecule has 3 nitrogen and oxygen atoms in total. The molecular weight excluding hydrogens is 190 g/mol. The van der Waals surface area contributed by atoms with Crippen LogP contribution in [0.3, 0.4) is 0 Å². The van der Waals surface area contributed by atoms with E-state index in [1.807, 2.05) is 0 Å². The van der Waals surface area contributed by atoms with E-state index in [0.717, 1.165) is 32.2 Å². The van der Waals surface area contributed by atoms with Crippen LogP contribution in [0.15, 0.2) is 0 Å². The number of carboxylic acids is 1. The number of rotatable bonds is 5. The van der Waals surface area contributed by atoms with Crippen LogP contribution >= 0.6 is 0 Å². The van der Waals surface area contributed by atoms with Crippen LogP contribution in [0.25, 0.3) is 0 Å². The van der Waals surface area contributed by atoms with Gasteiger partial charge in [0.05, 0.1) is 0 Å². The van der Waals surface area contributed by atoms with Gasteiger partial charge in [-0.15, -0.1) is 0 Å². The van der Waals surface area contributed by atoms with Crippen molar-refractivity contribution < 1.29 is 9.90 Å². The second-order valence-corrected chi connectivity index (χ2v) is 4.88. The second kappa shape index (κ2) is 5.50. The fourth-order valence-electron chi connectivity index (χ4n) is 2.60. The van der Waals surface area contributed by atoms with Crippen LogP contribution in [-0.2, 0) is 4.79 Å². The lowest BCUT2D eigenvalue weighted by Crippen LogP contribution is -2.43. The number of aliphatic carboxylic acids is 1. The highest BCUT2D eigenvalue weighted by Gasteiger charge is 2.34. The lowest BCUT2D eigenvalue weighted by atomic mass is 10.1. The second-order valence-electron chi connectivity index (χ2n) is 4.88. The summed E-state index contributed by atoms with van der Waals surface area (Å²) < 4.78 is 0. The third-order valence-corrected chi connectivity index (χ3v) is 3.35. The van der Waals surface area contributed by atoms with E-state index in [9.17, 15) is 9.90 Å². The molecule has 1 fully saturated rings. The molecule has 1 rings (SSSR count). The molecular formula is C12H23NO2. The molecule has 0 aromatic carbocycles. The van der Waals surface area contributed by atoms with Gasteiger partial charge in [-0.2, -0.15) is 0 Å². The van der Waals surface area contributed by atoms with Gasteiger partial charge in [-0.25, -0.2) is 0 Å². The summed E-state index contributed by atoms with van der Waals surface area (Å²) in [6.07, 6.45) is 4.01. The maximum absolute atomic E-state index is 11.2. The molecule has 0 aromatic heterocycles. The molecule has 0 radical (unpaired) electrons. The molecule has 0 bridgehead atoms. The van der Waals surface area contributed by atoms with E-state index in [1.54, 1.807) is 0 Å². The van der Waals surface area contributed by atoms with E-state index in [4.69, 9.17) is 0 Å². The fourth-order valence-corrected chi connectivity index (χ4v) is 2.60. The Bertz CT molecular complexity index is 218. The molecule has 15 heavy (non-hydrogen) atoms. The maximum atomic E-state index is 11.2. The predicted molar refractivity (Wildman–Crippen MR) is 60.9 cm³/mol. The summed E-state index contributed by atoms with van der Waals surface area (Å²) in [5, 5.41) is 9.22. The Morgan fingerprint density at radius 2 is 2.20 bits per heavy atom. The van der Waals surface area contributed by atoms with E-state index in [0.29, 0.717) is 12.0 Å². The van der Waals surface area contributed by atoms with Gasteiger partial charge in [0.15, 0.2) is 0 Å². The molecule has 3 atom stereocenters. The zero-order chi connectivity index (χ0) is 11.4. The Balaban J connectivity index is 2.59. The number of unbranched alkanes of at least 4 members (excludes halogenated alkanes) is 1. The monoisotopic (exact) mass is 213 g/mol. The third-order valence-electron chi connectivity index (χ3n) is 3.35. The number of nitrogens with zero attached hydrogens (tertiary/aromatic N) is 1. The zero-order valence-corrected chi connectivity index (χ0v) is 10.1. The minimum absolute atomic E-state index is 0.259.